The van der Waals surface area contributed by atoms with Gasteiger partial charge in [0, 0.05) is 33.2 Å². The number of tetrazole rings is 1. The normalized spacial score (nSPS) is 21.9. The van der Waals surface area contributed by atoms with Crippen LogP contribution >= 0.6 is 11.8 Å². The van der Waals surface area contributed by atoms with E-state index in [1.807, 2.05) is 28.0 Å². The number of carbonyl (C=O) groups is 2. The van der Waals surface area contributed by atoms with Gasteiger partial charge in [0.1, 0.15) is 0 Å². The molecule has 2 aliphatic rings. The second-order valence-electron chi connectivity index (χ2n) is 7.85. The van der Waals surface area contributed by atoms with Crippen LogP contribution < -0.4 is 0 Å². The summed E-state index contributed by atoms with van der Waals surface area (Å²) in [6.07, 6.45) is 3.50. The van der Waals surface area contributed by atoms with Crippen LogP contribution in [0.4, 0.5) is 0 Å². The average Bonchev–Trinajstić information content (AvgIpc) is 3.35. The highest BCUT2D eigenvalue weighted by molar-refractivity contribution is 7.99. The summed E-state index contributed by atoms with van der Waals surface area (Å²) >= 11 is 1.33. The highest BCUT2D eigenvalue weighted by Gasteiger charge is 2.49. The van der Waals surface area contributed by atoms with Gasteiger partial charge >= 0.3 is 0 Å². The van der Waals surface area contributed by atoms with Gasteiger partial charge in [-0.15, -0.1) is 5.10 Å². The van der Waals surface area contributed by atoms with E-state index in [4.69, 9.17) is 0 Å². The molecular formula is C20H26N6O2S. The molecule has 0 radical (unpaired) electrons. The predicted octanol–water partition coefficient (Wildman–Crippen LogP) is 1.39. The van der Waals surface area contributed by atoms with Gasteiger partial charge in [0.15, 0.2) is 0 Å². The first kappa shape index (κ1) is 19.9. The highest BCUT2D eigenvalue weighted by Crippen LogP contribution is 2.40. The van der Waals surface area contributed by atoms with Crippen molar-refractivity contribution in [2.24, 2.45) is 12.5 Å². The van der Waals surface area contributed by atoms with E-state index in [0.29, 0.717) is 18.2 Å². The molecule has 2 aromatic rings. The second kappa shape index (κ2) is 8.52. The molecule has 3 heterocycles. The van der Waals surface area contributed by atoms with Crippen LogP contribution in [0.2, 0.25) is 0 Å². The van der Waals surface area contributed by atoms with Crippen LogP contribution in [0.1, 0.15) is 24.8 Å². The molecule has 1 spiro atoms. The highest BCUT2D eigenvalue weighted by atomic mass is 32.2. The number of likely N-dealkylation sites (tertiary alicyclic amines) is 2. The summed E-state index contributed by atoms with van der Waals surface area (Å²) < 4.78 is 1.55. The number of thioether (sulfide) groups is 1. The summed E-state index contributed by atoms with van der Waals surface area (Å²) in [6.45, 7) is 2.74. The molecule has 0 aliphatic carbocycles. The molecule has 0 saturated carbocycles. The Labute approximate surface area is 174 Å². The zero-order valence-electron chi connectivity index (χ0n) is 16.7. The third kappa shape index (κ3) is 4.29. The first-order valence-electron chi connectivity index (χ1n) is 10.0. The van der Waals surface area contributed by atoms with Crippen molar-refractivity contribution in [1.82, 2.24) is 30.0 Å². The first-order chi connectivity index (χ1) is 14.1. The first-order valence-corrected chi connectivity index (χ1v) is 11.0. The van der Waals surface area contributed by atoms with Crippen LogP contribution in [-0.2, 0) is 23.1 Å². The van der Waals surface area contributed by atoms with Crippen LogP contribution in [0.3, 0.4) is 0 Å². The smallest absolute Gasteiger partial charge is 0.233 e. The molecule has 154 valence electrons. The molecule has 2 amide bonds. The van der Waals surface area contributed by atoms with Crippen molar-refractivity contribution < 1.29 is 9.59 Å². The predicted molar refractivity (Wildman–Crippen MR) is 109 cm³/mol. The molecule has 0 N–H and O–H groups in total. The molecule has 2 saturated heterocycles. The minimum atomic E-state index is -0.401. The number of benzene rings is 1. The van der Waals surface area contributed by atoms with E-state index in [9.17, 15) is 9.59 Å². The average molecular weight is 415 g/mol. The van der Waals surface area contributed by atoms with Crippen molar-refractivity contribution in [2.75, 3.05) is 31.9 Å². The third-order valence-electron chi connectivity index (χ3n) is 5.95. The Morgan fingerprint density at radius 2 is 2.03 bits per heavy atom. The summed E-state index contributed by atoms with van der Waals surface area (Å²) in [5, 5.41) is 11.9. The summed E-state index contributed by atoms with van der Waals surface area (Å²) in [4.78, 5) is 29.8. The Morgan fingerprint density at radius 1 is 1.21 bits per heavy atom. The minimum absolute atomic E-state index is 0.0454. The molecule has 8 nitrogen and oxygen atoms in total. The number of hydrogen-bond acceptors (Lipinski definition) is 6. The second-order valence-corrected chi connectivity index (χ2v) is 8.79. The molecule has 1 aromatic heterocycles. The van der Waals surface area contributed by atoms with Gasteiger partial charge in [0.25, 0.3) is 0 Å². The Bertz CT molecular complexity index is 873. The molecule has 0 unspecified atom stereocenters. The lowest BCUT2D eigenvalue weighted by molar-refractivity contribution is -0.146. The van der Waals surface area contributed by atoms with E-state index in [1.165, 1.54) is 17.3 Å². The van der Waals surface area contributed by atoms with E-state index < -0.39 is 5.41 Å². The van der Waals surface area contributed by atoms with Crippen molar-refractivity contribution in [3.8, 4) is 0 Å². The van der Waals surface area contributed by atoms with Crippen LogP contribution in [0.25, 0.3) is 0 Å². The number of nitrogens with zero attached hydrogens (tertiary/aromatic N) is 6. The SMILES string of the molecule is Cn1nnnc1SCC(=O)N1CC[C@@]2(CCCN(CCc3ccccc3)C2=O)C1. The van der Waals surface area contributed by atoms with Gasteiger partial charge in [-0.2, -0.15) is 0 Å². The summed E-state index contributed by atoms with van der Waals surface area (Å²) in [6, 6.07) is 10.3. The van der Waals surface area contributed by atoms with Crippen LogP contribution in [0.5, 0.6) is 0 Å². The van der Waals surface area contributed by atoms with Crippen molar-refractivity contribution >= 4 is 23.6 Å². The zero-order chi connectivity index (χ0) is 20.3. The van der Waals surface area contributed by atoms with Crippen molar-refractivity contribution in [3.63, 3.8) is 0 Å². The molecule has 1 atom stereocenters. The molecule has 0 bridgehead atoms. The Morgan fingerprint density at radius 3 is 2.79 bits per heavy atom. The summed E-state index contributed by atoms with van der Waals surface area (Å²) in [5.41, 5.74) is 0.847. The Kier molecular flexibility index (Phi) is 5.84. The lowest BCUT2D eigenvalue weighted by Crippen LogP contribution is -2.51. The number of aryl methyl sites for hydroxylation is 1. The zero-order valence-corrected chi connectivity index (χ0v) is 17.5. The van der Waals surface area contributed by atoms with E-state index in [2.05, 4.69) is 27.7 Å². The van der Waals surface area contributed by atoms with Gasteiger partial charge in [0.2, 0.25) is 17.0 Å². The maximum absolute atomic E-state index is 13.3. The van der Waals surface area contributed by atoms with E-state index in [0.717, 1.165) is 38.8 Å². The van der Waals surface area contributed by atoms with Gasteiger partial charge in [-0.3, -0.25) is 9.59 Å². The van der Waals surface area contributed by atoms with Gasteiger partial charge in [-0.25, -0.2) is 4.68 Å². The number of amides is 2. The lowest BCUT2D eigenvalue weighted by atomic mass is 9.78. The molecule has 1 aromatic carbocycles. The van der Waals surface area contributed by atoms with Crippen molar-refractivity contribution in [2.45, 2.75) is 30.8 Å². The molecule has 2 fully saturated rings. The van der Waals surface area contributed by atoms with Gasteiger partial charge < -0.3 is 9.80 Å². The molecule has 29 heavy (non-hydrogen) atoms. The fourth-order valence-electron chi connectivity index (χ4n) is 4.30. The number of hydrogen-bond donors (Lipinski definition) is 0. The lowest BCUT2D eigenvalue weighted by Gasteiger charge is -2.39. The van der Waals surface area contributed by atoms with Gasteiger partial charge in [-0.05, 0) is 41.7 Å². The van der Waals surface area contributed by atoms with Gasteiger partial charge in [-0.1, -0.05) is 42.1 Å². The molecule has 4 rings (SSSR count). The van der Waals surface area contributed by atoms with E-state index in [-0.39, 0.29) is 17.6 Å². The van der Waals surface area contributed by atoms with Crippen molar-refractivity contribution in [3.05, 3.63) is 35.9 Å². The van der Waals surface area contributed by atoms with Crippen LogP contribution in [-0.4, -0.2) is 73.8 Å². The number of aromatic nitrogens is 4. The quantitative estimate of drug-likeness (QED) is 0.664. The topological polar surface area (TPSA) is 84.2 Å². The molecule has 2 aliphatic heterocycles. The summed E-state index contributed by atoms with van der Waals surface area (Å²) in [7, 11) is 1.75. The minimum Gasteiger partial charge on any atom is -0.342 e. The Hall–Kier alpha value is -2.42. The van der Waals surface area contributed by atoms with Gasteiger partial charge in [0.05, 0.1) is 11.2 Å². The number of piperidine rings is 1. The monoisotopic (exact) mass is 414 g/mol. The maximum atomic E-state index is 13.3. The van der Waals surface area contributed by atoms with E-state index in [1.54, 1.807) is 11.7 Å². The van der Waals surface area contributed by atoms with Crippen molar-refractivity contribution in [1.29, 1.82) is 0 Å². The number of carbonyl (C=O) groups excluding carboxylic acids is 2. The fourth-order valence-corrected chi connectivity index (χ4v) is 5.05. The standard InChI is InChI=1S/C20H26N6O2S/c1-24-19(21-22-23-24)29-14-17(27)26-13-10-20(15-26)9-5-11-25(18(20)28)12-8-16-6-3-2-4-7-16/h2-4,6-7H,5,8-15H2,1H3/t20-/m0/s1. The summed E-state index contributed by atoms with van der Waals surface area (Å²) in [5.74, 6) is 0.556. The van der Waals surface area contributed by atoms with Crippen LogP contribution in [0, 0.1) is 5.41 Å². The fraction of sp³-hybridized carbons (Fsp3) is 0.550. The third-order valence-corrected chi connectivity index (χ3v) is 6.95. The maximum Gasteiger partial charge on any atom is 0.233 e. The number of rotatable bonds is 6. The van der Waals surface area contributed by atoms with Crippen LogP contribution in [0.15, 0.2) is 35.5 Å². The van der Waals surface area contributed by atoms with E-state index >= 15 is 0 Å². The molecular weight excluding hydrogens is 388 g/mol. The molecule has 9 heteroatoms. The Balaban J connectivity index is 1.33. The largest absolute Gasteiger partial charge is 0.342 e.